The van der Waals surface area contributed by atoms with Gasteiger partial charge in [-0.25, -0.2) is 9.37 Å². The van der Waals surface area contributed by atoms with Crippen molar-refractivity contribution in [3.05, 3.63) is 41.6 Å². The van der Waals surface area contributed by atoms with Crippen LogP contribution in [0.25, 0.3) is 0 Å². The molecule has 0 aliphatic carbocycles. The zero-order chi connectivity index (χ0) is 18.1. The van der Waals surface area contributed by atoms with Gasteiger partial charge in [0.25, 0.3) is 5.88 Å². The first-order valence-corrected chi connectivity index (χ1v) is 8.86. The largest absolute Gasteiger partial charge is 0.487 e. The Labute approximate surface area is 151 Å². The first-order valence-electron chi connectivity index (χ1n) is 8.86. The number of aryl methyl sites for hydroxylation is 1. The van der Waals surface area contributed by atoms with Crippen LogP contribution in [0.5, 0.6) is 17.4 Å². The third kappa shape index (κ3) is 3.58. The first-order chi connectivity index (χ1) is 12.6. The SMILES string of the molecule is Cc1cncc(O[C@@H]2C[C@H](C)N(Cc3nc4c(cc3F)OCCO4)C2)c1. The second kappa shape index (κ2) is 7.07. The Kier molecular flexibility index (Phi) is 4.63. The number of nitrogens with zero attached hydrogens (tertiary/aromatic N) is 3. The molecule has 0 N–H and O–H groups in total. The summed E-state index contributed by atoms with van der Waals surface area (Å²) in [6, 6.07) is 3.61. The predicted octanol–water partition coefficient (Wildman–Crippen LogP) is 2.74. The molecule has 6 nitrogen and oxygen atoms in total. The Morgan fingerprint density at radius 1 is 1.27 bits per heavy atom. The van der Waals surface area contributed by atoms with Gasteiger partial charge in [0.15, 0.2) is 5.75 Å². The molecular formula is C19H22FN3O3. The number of ether oxygens (including phenoxy) is 3. The molecule has 1 fully saturated rings. The maximum absolute atomic E-state index is 14.4. The third-order valence-electron chi connectivity index (χ3n) is 4.73. The van der Waals surface area contributed by atoms with E-state index in [-0.39, 0.29) is 18.0 Å². The van der Waals surface area contributed by atoms with E-state index in [2.05, 4.69) is 21.8 Å². The molecule has 2 aliphatic rings. The predicted molar refractivity (Wildman–Crippen MR) is 93.1 cm³/mol. The van der Waals surface area contributed by atoms with Gasteiger partial charge in [0.1, 0.15) is 30.9 Å². The number of halogens is 1. The van der Waals surface area contributed by atoms with Crippen LogP contribution in [0.2, 0.25) is 0 Å². The highest BCUT2D eigenvalue weighted by Gasteiger charge is 2.32. The lowest BCUT2D eigenvalue weighted by Gasteiger charge is -2.22. The van der Waals surface area contributed by atoms with Crippen LogP contribution in [0, 0.1) is 12.7 Å². The van der Waals surface area contributed by atoms with E-state index in [9.17, 15) is 4.39 Å². The molecule has 1 saturated heterocycles. The van der Waals surface area contributed by atoms with Crippen LogP contribution in [-0.4, -0.2) is 46.8 Å². The summed E-state index contributed by atoms with van der Waals surface area (Å²) in [6.07, 6.45) is 4.45. The van der Waals surface area contributed by atoms with Crippen molar-refractivity contribution < 1.29 is 18.6 Å². The van der Waals surface area contributed by atoms with Gasteiger partial charge >= 0.3 is 0 Å². The van der Waals surface area contributed by atoms with Gasteiger partial charge in [-0.1, -0.05) is 0 Å². The fourth-order valence-corrected chi connectivity index (χ4v) is 3.43. The summed E-state index contributed by atoms with van der Waals surface area (Å²) in [5.74, 6) is 1.15. The van der Waals surface area contributed by atoms with E-state index >= 15 is 0 Å². The summed E-state index contributed by atoms with van der Waals surface area (Å²) in [4.78, 5) is 10.7. The number of rotatable bonds is 4. The van der Waals surface area contributed by atoms with Crippen molar-refractivity contribution in [2.75, 3.05) is 19.8 Å². The van der Waals surface area contributed by atoms with Gasteiger partial charge in [0.2, 0.25) is 0 Å². The van der Waals surface area contributed by atoms with E-state index < -0.39 is 0 Å². The van der Waals surface area contributed by atoms with E-state index in [0.29, 0.717) is 43.6 Å². The zero-order valence-corrected chi connectivity index (χ0v) is 14.9. The van der Waals surface area contributed by atoms with E-state index in [1.165, 1.54) is 6.07 Å². The lowest BCUT2D eigenvalue weighted by Crippen LogP contribution is -2.29. The molecular weight excluding hydrogens is 337 g/mol. The summed E-state index contributed by atoms with van der Waals surface area (Å²) >= 11 is 0. The minimum atomic E-state index is -0.367. The molecule has 7 heteroatoms. The van der Waals surface area contributed by atoms with Crippen LogP contribution in [0.4, 0.5) is 4.39 Å². The average molecular weight is 359 g/mol. The van der Waals surface area contributed by atoms with Crippen molar-refractivity contribution in [1.82, 2.24) is 14.9 Å². The average Bonchev–Trinajstić information content (AvgIpc) is 2.94. The van der Waals surface area contributed by atoms with E-state index in [4.69, 9.17) is 14.2 Å². The molecule has 0 aromatic carbocycles. The Balaban J connectivity index is 1.44. The monoisotopic (exact) mass is 359 g/mol. The number of hydrogen-bond donors (Lipinski definition) is 0. The van der Waals surface area contributed by atoms with Crippen molar-refractivity contribution >= 4 is 0 Å². The molecule has 2 aromatic rings. The molecule has 2 atom stereocenters. The summed E-state index contributed by atoms with van der Waals surface area (Å²) in [5.41, 5.74) is 1.44. The number of fused-ring (bicyclic) bond motifs is 1. The van der Waals surface area contributed by atoms with Gasteiger partial charge in [-0.05, 0) is 25.5 Å². The molecule has 2 aromatic heterocycles. The topological polar surface area (TPSA) is 56.7 Å². The Morgan fingerprint density at radius 2 is 2.12 bits per heavy atom. The lowest BCUT2D eigenvalue weighted by molar-refractivity contribution is 0.160. The summed E-state index contributed by atoms with van der Waals surface area (Å²) in [7, 11) is 0. The maximum Gasteiger partial charge on any atom is 0.257 e. The second-order valence-corrected chi connectivity index (χ2v) is 6.87. The molecule has 0 radical (unpaired) electrons. The van der Waals surface area contributed by atoms with E-state index in [1.54, 1.807) is 12.4 Å². The zero-order valence-electron chi connectivity index (χ0n) is 14.9. The minimum Gasteiger partial charge on any atom is -0.487 e. The Morgan fingerprint density at radius 3 is 2.96 bits per heavy atom. The fourth-order valence-electron chi connectivity index (χ4n) is 3.43. The maximum atomic E-state index is 14.4. The minimum absolute atomic E-state index is 0.0499. The summed E-state index contributed by atoms with van der Waals surface area (Å²) in [6.45, 7) is 6.09. The molecule has 2 aliphatic heterocycles. The fraction of sp³-hybridized carbons (Fsp3) is 0.474. The van der Waals surface area contributed by atoms with Crippen molar-refractivity contribution in [2.24, 2.45) is 0 Å². The highest BCUT2D eigenvalue weighted by Crippen LogP contribution is 2.31. The molecule has 0 saturated carbocycles. The highest BCUT2D eigenvalue weighted by molar-refractivity contribution is 5.36. The molecule has 0 unspecified atom stereocenters. The smallest absolute Gasteiger partial charge is 0.257 e. The molecule has 4 rings (SSSR count). The van der Waals surface area contributed by atoms with Gasteiger partial charge in [0, 0.05) is 37.8 Å². The standard InChI is InChI=1S/C19H22FN3O3/c1-12-5-14(9-21-8-12)26-15-6-13(2)23(10-15)11-17-16(20)7-18-19(22-17)25-4-3-24-18/h5,7-9,13,15H,3-4,6,10-11H2,1-2H3/t13-,15+/m0/s1. The molecule has 4 heterocycles. The Bertz CT molecular complexity index is 802. The lowest BCUT2D eigenvalue weighted by atomic mass is 10.2. The van der Waals surface area contributed by atoms with Crippen LogP contribution in [0.15, 0.2) is 24.5 Å². The normalized spacial score (nSPS) is 22.4. The van der Waals surface area contributed by atoms with Gasteiger partial charge < -0.3 is 14.2 Å². The molecule has 0 bridgehead atoms. The van der Waals surface area contributed by atoms with Crippen LogP contribution in [-0.2, 0) is 6.54 Å². The van der Waals surface area contributed by atoms with Crippen molar-refractivity contribution in [2.45, 2.75) is 39.0 Å². The molecule has 0 spiro atoms. The van der Waals surface area contributed by atoms with Crippen LogP contribution in [0.1, 0.15) is 24.6 Å². The number of aromatic nitrogens is 2. The van der Waals surface area contributed by atoms with Crippen molar-refractivity contribution in [3.63, 3.8) is 0 Å². The number of pyridine rings is 2. The van der Waals surface area contributed by atoms with Crippen LogP contribution < -0.4 is 14.2 Å². The van der Waals surface area contributed by atoms with Gasteiger partial charge in [0.05, 0.1) is 11.9 Å². The van der Waals surface area contributed by atoms with Gasteiger partial charge in [-0.15, -0.1) is 0 Å². The van der Waals surface area contributed by atoms with E-state index in [1.807, 2.05) is 13.0 Å². The van der Waals surface area contributed by atoms with Crippen LogP contribution in [0.3, 0.4) is 0 Å². The number of likely N-dealkylation sites (tertiary alicyclic amines) is 1. The third-order valence-corrected chi connectivity index (χ3v) is 4.73. The Hall–Kier alpha value is -2.41. The molecule has 26 heavy (non-hydrogen) atoms. The van der Waals surface area contributed by atoms with Crippen LogP contribution >= 0.6 is 0 Å². The van der Waals surface area contributed by atoms with Crippen molar-refractivity contribution in [3.8, 4) is 17.4 Å². The van der Waals surface area contributed by atoms with E-state index in [0.717, 1.165) is 17.7 Å². The quantitative estimate of drug-likeness (QED) is 0.837. The molecule has 0 amide bonds. The van der Waals surface area contributed by atoms with Gasteiger partial charge in [-0.2, -0.15) is 0 Å². The van der Waals surface area contributed by atoms with Gasteiger partial charge in [-0.3, -0.25) is 9.88 Å². The highest BCUT2D eigenvalue weighted by atomic mass is 19.1. The summed E-state index contributed by atoms with van der Waals surface area (Å²) < 4.78 is 31.3. The van der Waals surface area contributed by atoms with Crippen molar-refractivity contribution in [1.29, 1.82) is 0 Å². The first kappa shape index (κ1) is 17.0. The second-order valence-electron chi connectivity index (χ2n) is 6.87. The number of hydrogen-bond acceptors (Lipinski definition) is 6. The molecule has 138 valence electrons. The summed E-state index contributed by atoms with van der Waals surface area (Å²) in [5, 5.41) is 0.